The second-order valence-corrected chi connectivity index (χ2v) is 3.50. The Balaban J connectivity index is 0.000000386. The maximum atomic E-state index is 8.36. The Morgan fingerprint density at radius 2 is 2.19 bits per heavy atom. The zero-order valence-electron chi connectivity index (χ0n) is 9.45. The highest BCUT2D eigenvalue weighted by molar-refractivity contribution is 5.83. The number of aromatic nitrogens is 1. The first kappa shape index (κ1) is 12.3. The maximum Gasteiger partial charge on any atom is 0.290 e. The van der Waals surface area contributed by atoms with Gasteiger partial charge in [0.1, 0.15) is 0 Å². The number of aromatic amines is 1. The molecule has 4 heteroatoms. The molecule has 16 heavy (non-hydrogen) atoms. The summed E-state index contributed by atoms with van der Waals surface area (Å²) in [6.45, 7) is 2.79. The van der Waals surface area contributed by atoms with Gasteiger partial charge in [0, 0.05) is 23.6 Å². The van der Waals surface area contributed by atoms with E-state index in [2.05, 4.69) is 41.6 Å². The fourth-order valence-corrected chi connectivity index (χ4v) is 1.63. The Morgan fingerprint density at radius 1 is 1.50 bits per heavy atom. The summed E-state index contributed by atoms with van der Waals surface area (Å²) in [7, 11) is 1.97. The van der Waals surface area contributed by atoms with Gasteiger partial charge in [0.15, 0.2) is 0 Å². The number of hydrogen-bond acceptors (Lipinski definition) is 2. The normalized spacial score (nSPS) is 9.62. The Kier molecular flexibility index (Phi) is 4.54. The number of hydrogen-bond donors (Lipinski definition) is 3. The van der Waals surface area contributed by atoms with E-state index in [1.54, 1.807) is 0 Å². The van der Waals surface area contributed by atoms with Crippen molar-refractivity contribution >= 4 is 17.4 Å². The van der Waals surface area contributed by atoms with Gasteiger partial charge in [-0.1, -0.05) is 11.6 Å². The van der Waals surface area contributed by atoms with Crippen molar-refractivity contribution in [3.05, 3.63) is 35.5 Å². The molecule has 0 amide bonds. The number of nitrogens with one attached hydrogen (secondary N) is 2. The summed E-state index contributed by atoms with van der Waals surface area (Å²) >= 11 is 0. The average molecular weight is 220 g/mol. The minimum absolute atomic E-state index is 0.250. The van der Waals surface area contributed by atoms with Crippen molar-refractivity contribution in [2.75, 3.05) is 7.05 Å². The second kappa shape index (κ2) is 5.92. The largest absolute Gasteiger partial charge is 0.483 e. The van der Waals surface area contributed by atoms with Crippen molar-refractivity contribution in [3.8, 4) is 0 Å². The zero-order valence-corrected chi connectivity index (χ0v) is 9.45. The molecule has 4 nitrogen and oxygen atoms in total. The van der Waals surface area contributed by atoms with Crippen LogP contribution in [0.25, 0.3) is 10.9 Å². The highest BCUT2D eigenvalue weighted by Gasteiger charge is 2.01. The van der Waals surface area contributed by atoms with E-state index < -0.39 is 0 Å². The predicted molar refractivity (Wildman–Crippen MR) is 64.5 cm³/mol. The van der Waals surface area contributed by atoms with Gasteiger partial charge < -0.3 is 15.4 Å². The van der Waals surface area contributed by atoms with Crippen molar-refractivity contribution in [1.82, 2.24) is 10.3 Å². The fourth-order valence-electron chi connectivity index (χ4n) is 1.63. The monoisotopic (exact) mass is 220 g/mol. The Hall–Kier alpha value is -1.81. The molecule has 1 aromatic carbocycles. The van der Waals surface area contributed by atoms with Crippen molar-refractivity contribution in [1.29, 1.82) is 0 Å². The summed E-state index contributed by atoms with van der Waals surface area (Å²) in [6.07, 6.45) is 2.07. The van der Waals surface area contributed by atoms with Crippen LogP contribution in [0.2, 0.25) is 0 Å². The lowest BCUT2D eigenvalue weighted by molar-refractivity contribution is -0.122. The minimum atomic E-state index is -0.250. The topological polar surface area (TPSA) is 65.1 Å². The summed E-state index contributed by atoms with van der Waals surface area (Å²) in [5.41, 5.74) is 3.86. The van der Waals surface area contributed by atoms with Gasteiger partial charge in [-0.15, -0.1) is 0 Å². The van der Waals surface area contributed by atoms with E-state index in [9.17, 15) is 0 Å². The number of benzene rings is 1. The Morgan fingerprint density at radius 3 is 2.81 bits per heavy atom. The highest BCUT2D eigenvalue weighted by Crippen LogP contribution is 2.19. The Labute approximate surface area is 94.3 Å². The van der Waals surface area contributed by atoms with Crippen molar-refractivity contribution in [2.45, 2.75) is 13.5 Å². The van der Waals surface area contributed by atoms with Gasteiger partial charge in [-0.25, -0.2) is 0 Å². The molecule has 0 atom stereocenters. The molecule has 0 saturated carbocycles. The maximum absolute atomic E-state index is 8.36. The highest BCUT2D eigenvalue weighted by atomic mass is 16.3. The van der Waals surface area contributed by atoms with E-state index in [1.807, 2.05) is 7.05 Å². The Bertz CT molecular complexity index is 463. The van der Waals surface area contributed by atoms with Crippen LogP contribution >= 0.6 is 0 Å². The fraction of sp³-hybridized carbons (Fsp3) is 0.250. The van der Waals surface area contributed by atoms with Crippen LogP contribution in [0.3, 0.4) is 0 Å². The molecule has 1 heterocycles. The molecule has 0 aliphatic heterocycles. The average Bonchev–Trinajstić information content (AvgIpc) is 2.63. The van der Waals surface area contributed by atoms with Crippen LogP contribution in [0.5, 0.6) is 0 Å². The molecule has 0 aliphatic rings. The molecule has 0 fully saturated rings. The molecule has 0 spiro atoms. The van der Waals surface area contributed by atoms with Gasteiger partial charge in [-0.3, -0.25) is 4.79 Å². The third-order valence-electron chi connectivity index (χ3n) is 2.29. The first-order chi connectivity index (χ1) is 7.72. The van der Waals surface area contributed by atoms with Crippen LogP contribution in [-0.2, 0) is 11.3 Å². The number of carboxylic acid groups (broad SMARTS) is 1. The first-order valence-corrected chi connectivity index (χ1v) is 5.02. The van der Waals surface area contributed by atoms with Crippen LogP contribution in [-0.4, -0.2) is 23.6 Å². The van der Waals surface area contributed by atoms with Crippen LogP contribution in [0.15, 0.2) is 24.4 Å². The molecule has 0 radical (unpaired) electrons. The third kappa shape index (κ3) is 2.84. The van der Waals surface area contributed by atoms with E-state index in [-0.39, 0.29) is 6.47 Å². The van der Waals surface area contributed by atoms with E-state index >= 15 is 0 Å². The summed E-state index contributed by atoms with van der Waals surface area (Å²) in [5.74, 6) is 0. The smallest absolute Gasteiger partial charge is 0.290 e. The van der Waals surface area contributed by atoms with Crippen LogP contribution in [0.1, 0.15) is 11.1 Å². The van der Waals surface area contributed by atoms with Gasteiger partial charge in [-0.05, 0) is 31.7 Å². The molecule has 86 valence electrons. The quantitative estimate of drug-likeness (QED) is 0.677. The van der Waals surface area contributed by atoms with E-state index in [1.165, 1.54) is 22.0 Å². The lowest BCUT2D eigenvalue weighted by Gasteiger charge is -1.98. The summed E-state index contributed by atoms with van der Waals surface area (Å²) in [5, 5.41) is 11.4. The molecule has 2 rings (SSSR count). The van der Waals surface area contributed by atoms with Crippen molar-refractivity contribution < 1.29 is 9.90 Å². The number of rotatable bonds is 2. The third-order valence-corrected chi connectivity index (χ3v) is 2.29. The number of fused-ring (bicyclic) bond motifs is 1. The molecular weight excluding hydrogens is 204 g/mol. The molecule has 1 aromatic heterocycles. The first-order valence-electron chi connectivity index (χ1n) is 5.02. The van der Waals surface area contributed by atoms with Crippen molar-refractivity contribution in [2.24, 2.45) is 0 Å². The second-order valence-electron chi connectivity index (χ2n) is 3.50. The summed E-state index contributed by atoms with van der Waals surface area (Å²) in [6, 6.07) is 6.48. The molecule has 0 saturated heterocycles. The number of H-pyrrole nitrogens is 1. The van der Waals surface area contributed by atoms with Crippen LogP contribution in [0.4, 0.5) is 0 Å². The predicted octanol–water partition coefficient (Wildman–Crippen LogP) is 1.90. The van der Waals surface area contributed by atoms with Gasteiger partial charge in [0.05, 0.1) is 0 Å². The molecule has 0 bridgehead atoms. The van der Waals surface area contributed by atoms with Gasteiger partial charge in [-0.2, -0.15) is 0 Å². The SMILES string of the molecule is CNCc1c[nH]c2ccc(C)cc12.O=CO. The van der Waals surface area contributed by atoms with E-state index in [0.717, 1.165) is 6.54 Å². The van der Waals surface area contributed by atoms with E-state index in [4.69, 9.17) is 9.90 Å². The summed E-state index contributed by atoms with van der Waals surface area (Å²) in [4.78, 5) is 11.6. The van der Waals surface area contributed by atoms with Gasteiger partial charge in [0.2, 0.25) is 0 Å². The van der Waals surface area contributed by atoms with Gasteiger partial charge in [0.25, 0.3) is 6.47 Å². The zero-order chi connectivity index (χ0) is 12.0. The van der Waals surface area contributed by atoms with Crippen LogP contribution < -0.4 is 5.32 Å². The minimum Gasteiger partial charge on any atom is -0.483 e. The molecule has 0 aliphatic carbocycles. The molecule has 3 N–H and O–H groups in total. The number of carbonyl (C=O) groups is 1. The van der Waals surface area contributed by atoms with Crippen LogP contribution in [0, 0.1) is 6.92 Å². The molecule has 2 aromatic rings. The van der Waals surface area contributed by atoms with E-state index in [0.29, 0.717) is 0 Å². The molecular formula is C12H16N2O2. The number of aryl methyl sites for hydroxylation is 1. The van der Waals surface area contributed by atoms with Crippen molar-refractivity contribution in [3.63, 3.8) is 0 Å². The summed E-state index contributed by atoms with van der Waals surface area (Å²) < 4.78 is 0. The lowest BCUT2D eigenvalue weighted by Crippen LogP contribution is -2.03. The molecule has 0 unspecified atom stereocenters. The standard InChI is InChI=1S/C11H14N2.CH2O2/c1-8-3-4-11-10(5-8)9(6-12-2)7-13-11;2-1-3/h3-5,7,12-13H,6H2,1-2H3;1H,(H,2,3). The lowest BCUT2D eigenvalue weighted by atomic mass is 10.1. The van der Waals surface area contributed by atoms with Gasteiger partial charge >= 0.3 is 0 Å².